The maximum absolute atomic E-state index is 5.73. The Hall–Kier alpha value is -0.500. The molecule has 2 rings (SSSR count). The largest absolute Gasteiger partial charge is 0.334 e. The van der Waals surface area contributed by atoms with E-state index in [4.69, 9.17) is 11.6 Å². The van der Waals surface area contributed by atoms with E-state index in [1.54, 1.807) is 0 Å². The van der Waals surface area contributed by atoms with Crippen LogP contribution in [0, 0.1) is 5.92 Å². The SMILES string of the molecule is CC1CCCC(n2cnc(CCl)c2)C1. The maximum Gasteiger partial charge on any atom is 0.0952 e. The van der Waals surface area contributed by atoms with Gasteiger partial charge in [0.1, 0.15) is 0 Å². The van der Waals surface area contributed by atoms with Crippen molar-refractivity contribution in [1.82, 2.24) is 9.55 Å². The quantitative estimate of drug-likeness (QED) is 0.688. The molecule has 2 unspecified atom stereocenters. The predicted octanol–water partition coefficient (Wildman–Crippen LogP) is 3.37. The Morgan fingerprint density at radius 2 is 2.43 bits per heavy atom. The highest BCUT2D eigenvalue weighted by Gasteiger charge is 2.20. The summed E-state index contributed by atoms with van der Waals surface area (Å²) in [6, 6.07) is 0.656. The number of nitrogens with zero attached hydrogens (tertiary/aromatic N) is 2. The molecule has 0 aromatic carbocycles. The number of rotatable bonds is 2. The van der Waals surface area contributed by atoms with Gasteiger partial charge in [-0.05, 0) is 18.8 Å². The Balaban J connectivity index is 2.06. The van der Waals surface area contributed by atoms with Crippen molar-refractivity contribution in [2.75, 3.05) is 0 Å². The van der Waals surface area contributed by atoms with Crippen LogP contribution in [0.15, 0.2) is 12.5 Å². The van der Waals surface area contributed by atoms with Crippen molar-refractivity contribution >= 4 is 11.6 Å². The first kappa shape index (κ1) is 10.0. The lowest BCUT2D eigenvalue weighted by Gasteiger charge is -2.27. The van der Waals surface area contributed by atoms with E-state index in [1.807, 2.05) is 6.33 Å². The normalized spacial score (nSPS) is 27.9. The second-order valence-corrected chi connectivity index (χ2v) is 4.64. The molecule has 1 fully saturated rings. The highest BCUT2D eigenvalue weighted by atomic mass is 35.5. The van der Waals surface area contributed by atoms with Gasteiger partial charge in [-0.3, -0.25) is 0 Å². The summed E-state index contributed by atoms with van der Waals surface area (Å²) in [6.45, 7) is 2.34. The number of hydrogen-bond acceptors (Lipinski definition) is 1. The van der Waals surface area contributed by atoms with Crippen LogP contribution in [-0.2, 0) is 5.88 Å². The van der Waals surface area contributed by atoms with E-state index in [1.165, 1.54) is 25.7 Å². The fourth-order valence-corrected chi connectivity index (χ4v) is 2.46. The van der Waals surface area contributed by atoms with Crippen molar-refractivity contribution < 1.29 is 0 Å². The van der Waals surface area contributed by atoms with Gasteiger partial charge in [-0.15, -0.1) is 11.6 Å². The fraction of sp³-hybridized carbons (Fsp3) is 0.727. The number of alkyl halides is 1. The van der Waals surface area contributed by atoms with Crippen LogP contribution in [0.4, 0.5) is 0 Å². The van der Waals surface area contributed by atoms with Gasteiger partial charge in [-0.25, -0.2) is 4.98 Å². The molecule has 2 atom stereocenters. The monoisotopic (exact) mass is 212 g/mol. The van der Waals surface area contributed by atoms with Crippen molar-refractivity contribution in [1.29, 1.82) is 0 Å². The molecule has 0 saturated heterocycles. The van der Waals surface area contributed by atoms with Crippen LogP contribution in [0.1, 0.15) is 44.3 Å². The van der Waals surface area contributed by atoms with Gasteiger partial charge in [0, 0.05) is 12.2 Å². The Morgan fingerprint density at radius 3 is 3.07 bits per heavy atom. The molecular formula is C11H17ClN2. The molecule has 1 aromatic heterocycles. The first-order chi connectivity index (χ1) is 6.79. The van der Waals surface area contributed by atoms with E-state index in [0.29, 0.717) is 11.9 Å². The Morgan fingerprint density at radius 1 is 1.57 bits per heavy atom. The van der Waals surface area contributed by atoms with Gasteiger partial charge in [0.05, 0.1) is 17.9 Å². The summed E-state index contributed by atoms with van der Waals surface area (Å²) in [5.41, 5.74) is 0.991. The second kappa shape index (κ2) is 4.35. The molecule has 0 amide bonds. The van der Waals surface area contributed by atoms with Gasteiger partial charge in [-0.1, -0.05) is 19.8 Å². The molecule has 1 aliphatic carbocycles. The molecular weight excluding hydrogens is 196 g/mol. The average Bonchev–Trinajstić information content (AvgIpc) is 2.66. The van der Waals surface area contributed by atoms with Gasteiger partial charge < -0.3 is 4.57 Å². The summed E-state index contributed by atoms with van der Waals surface area (Å²) < 4.78 is 2.24. The molecule has 2 nitrogen and oxygen atoms in total. The first-order valence-corrected chi connectivity index (χ1v) is 5.91. The van der Waals surface area contributed by atoms with Gasteiger partial charge in [0.25, 0.3) is 0 Å². The molecule has 1 saturated carbocycles. The molecule has 1 aromatic rings. The number of aromatic nitrogens is 2. The van der Waals surface area contributed by atoms with E-state index in [-0.39, 0.29) is 0 Å². The van der Waals surface area contributed by atoms with E-state index in [0.717, 1.165) is 11.6 Å². The lowest BCUT2D eigenvalue weighted by atomic mass is 9.87. The minimum atomic E-state index is 0.523. The molecule has 0 aliphatic heterocycles. The molecule has 0 N–H and O–H groups in total. The Kier molecular flexibility index (Phi) is 3.12. The minimum Gasteiger partial charge on any atom is -0.334 e. The van der Waals surface area contributed by atoms with Crippen LogP contribution in [0.25, 0.3) is 0 Å². The van der Waals surface area contributed by atoms with Crippen molar-refractivity contribution in [2.45, 2.75) is 44.5 Å². The van der Waals surface area contributed by atoms with Crippen molar-refractivity contribution in [3.05, 3.63) is 18.2 Å². The Labute approximate surface area is 90.3 Å². The summed E-state index contributed by atoms with van der Waals surface area (Å²) in [7, 11) is 0. The summed E-state index contributed by atoms with van der Waals surface area (Å²) in [4.78, 5) is 4.27. The molecule has 14 heavy (non-hydrogen) atoms. The maximum atomic E-state index is 5.73. The summed E-state index contributed by atoms with van der Waals surface area (Å²) >= 11 is 5.73. The van der Waals surface area contributed by atoms with Crippen LogP contribution < -0.4 is 0 Å². The predicted molar refractivity (Wildman–Crippen MR) is 58.5 cm³/mol. The lowest BCUT2D eigenvalue weighted by molar-refractivity contribution is 0.282. The first-order valence-electron chi connectivity index (χ1n) is 5.38. The van der Waals surface area contributed by atoms with E-state index < -0.39 is 0 Å². The van der Waals surface area contributed by atoms with E-state index in [9.17, 15) is 0 Å². The van der Waals surface area contributed by atoms with Crippen molar-refractivity contribution in [3.8, 4) is 0 Å². The zero-order chi connectivity index (χ0) is 9.97. The molecule has 3 heteroatoms. The number of hydrogen-bond donors (Lipinski definition) is 0. The van der Waals surface area contributed by atoms with Crippen LogP contribution in [0.2, 0.25) is 0 Å². The lowest BCUT2D eigenvalue weighted by Crippen LogP contribution is -2.16. The van der Waals surface area contributed by atoms with Gasteiger partial charge >= 0.3 is 0 Å². The molecule has 78 valence electrons. The highest BCUT2D eigenvalue weighted by molar-refractivity contribution is 6.16. The van der Waals surface area contributed by atoms with E-state index >= 15 is 0 Å². The van der Waals surface area contributed by atoms with Gasteiger partial charge in [0.15, 0.2) is 0 Å². The van der Waals surface area contributed by atoms with Crippen LogP contribution in [0.3, 0.4) is 0 Å². The van der Waals surface area contributed by atoms with Crippen molar-refractivity contribution in [2.24, 2.45) is 5.92 Å². The van der Waals surface area contributed by atoms with Crippen LogP contribution >= 0.6 is 11.6 Å². The summed E-state index contributed by atoms with van der Waals surface area (Å²) in [6.07, 6.45) is 9.34. The van der Waals surface area contributed by atoms with Gasteiger partial charge in [0.2, 0.25) is 0 Å². The average molecular weight is 213 g/mol. The number of halogens is 1. The van der Waals surface area contributed by atoms with Crippen molar-refractivity contribution in [3.63, 3.8) is 0 Å². The minimum absolute atomic E-state index is 0.523. The fourth-order valence-electron chi connectivity index (χ4n) is 2.32. The molecule has 0 radical (unpaired) electrons. The molecule has 0 spiro atoms. The van der Waals surface area contributed by atoms with Crippen LogP contribution in [0.5, 0.6) is 0 Å². The molecule has 1 heterocycles. The van der Waals surface area contributed by atoms with Crippen LogP contribution in [-0.4, -0.2) is 9.55 Å². The second-order valence-electron chi connectivity index (χ2n) is 4.37. The zero-order valence-corrected chi connectivity index (χ0v) is 9.37. The standard InChI is InChI=1S/C11H17ClN2/c1-9-3-2-4-11(5-9)14-7-10(6-12)13-8-14/h7-9,11H,2-6H2,1H3. The highest BCUT2D eigenvalue weighted by Crippen LogP contribution is 2.32. The Bertz CT molecular complexity index is 295. The summed E-state index contributed by atoms with van der Waals surface area (Å²) in [5, 5.41) is 0. The zero-order valence-electron chi connectivity index (χ0n) is 8.62. The third-order valence-corrected chi connectivity index (χ3v) is 3.40. The smallest absolute Gasteiger partial charge is 0.0952 e. The van der Waals surface area contributed by atoms with E-state index in [2.05, 4.69) is 22.7 Å². The van der Waals surface area contributed by atoms with Gasteiger partial charge in [-0.2, -0.15) is 0 Å². The molecule has 0 bridgehead atoms. The summed E-state index contributed by atoms with van der Waals surface area (Å²) in [5.74, 6) is 1.38. The topological polar surface area (TPSA) is 17.8 Å². The third kappa shape index (κ3) is 2.11. The molecule has 1 aliphatic rings. The third-order valence-electron chi connectivity index (χ3n) is 3.12. The number of imidazole rings is 1.